The number of carbonyl (C=O) groups is 2. The molecule has 1 heterocycles. The summed E-state index contributed by atoms with van der Waals surface area (Å²) in [5.74, 6) is -0.394. The Labute approximate surface area is 95.5 Å². The molecule has 5 heteroatoms. The van der Waals surface area contributed by atoms with Gasteiger partial charge >= 0.3 is 5.97 Å². The van der Waals surface area contributed by atoms with Crippen LogP contribution in [0.4, 0.5) is 0 Å². The summed E-state index contributed by atoms with van der Waals surface area (Å²) >= 11 is 0. The van der Waals surface area contributed by atoms with Crippen LogP contribution in [0.25, 0.3) is 0 Å². The Bertz CT molecular complexity index is 254. The summed E-state index contributed by atoms with van der Waals surface area (Å²) in [6.07, 6.45) is 0.955. The molecule has 0 aromatic rings. The minimum absolute atomic E-state index is 0.0254. The van der Waals surface area contributed by atoms with Crippen LogP contribution in [0.2, 0.25) is 0 Å². The van der Waals surface area contributed by atoms with Crippen molar-refractivity contribution in [3.8, 4) is 0 Å². The van der Waals surface area contributed by atoms with Crippen molar-refractivity contribution in [2.24, 2.45) is 5.92 Å². The van der Waals surface area contributed by atoms with Crippen LogP contribution in [0.15, 0.2) is 0 Å². The first kappa shape index (κ1) is 13.0. The molecule has 1 fully saturated rings. The quantitative estimate of drug-likeness (QED) is 0.696. The van der Waals surface area contributed by atoms with Gasteiger partial charge in [-0.1, -0.05) is 0 Å². The fraction of sp³-hybridized carbons (Fsp3) is 0.818. The molecule has 0 aromatic carbocycles. The molecule has 1 amide bonds. The average molecular weight is 229 g/mol. The Morgan fingerprint density at radius 2 is 2.25 bits per heavy atom. The van der Waals surface area contributed by atoms with Gasteiger partial charge in [0.2, 0.25) is 5.91 Å². The van der Waals surface area contributed by atoms with Crippen LogP contribution in [-0.2, 0) is 19.1 Å². The van der Waals surface area contributed by atoms with Gasteiger partial charge in [0.05, 0.1) is 25.0 Å². The van der Waals surface area contributed by atoms with Crippen LogP contribution >= 0.6 is 0 Å². The minimum Gasteiger partial charge on any atom is -0.466 e. The Morgan fingerprint density at radius 1 is 1.50 bits per heavy atom. The molecule has 1 N–H and O–H groups in total. The summed E-state index contributed by atoms with van der Waals surface area (Å²) in [5, 5.41) is 2.72. The van der Waals surface area contributed by atoms with Crippen LogP contribution in [-0.4, -0.2) is 37.7 Å². The molecule has 0 spiro atoms. The molecule has 5 nitrogen and oxygen atoms in total. The fourth-order valence-electron chi connectivity index (χ4n) is 1.73. The second-order valence-corrected chi connectivity index (χ2v) is 3.82. The van der Waals surface area contributed by atoms with E-state index in [-0.39, 0.29) is 30.3 Å². The first-order valence-electron chi connectivity index (χ1n) is 5.70. The van der Waals surface area contributed by atoms with E-state index < -0.39 is 0 Å². The molecule has 0 aliphatic carbocycles. The van der Waals surface area contributed by atoms with Crippen molar-refractivity contribution in [3.05, 3.63) is 0 Å². The first-order chi connectivity index (χ1) is 7.65. The van der Waals surface area contributed by atoms with Crippen molar-refractivity contribution in [1.82, 2.24) is 5.32 Å². The van der Waals surface area contributed by atoms with E-state index in [4.69, 9.17) is 9.47 Å². The maximum atomic E-state index is 11.7. The smallest absolute Gasteiger partial charge is 0.307 e. The van der Waals surface area contributed by atoms with Gasteiger partial charge in [-0.05, 0) is 20.3 Å². The van der Waals surface area contributed by atoms with E-state index in [1.807, 2.05) is 6.92 Å². The molecule has 1 rings (SSSR count). The summed E-state index contributed by atoms with van der Waals surface area (Å²) in [7, 11) is 0. The summed E-state index contributed by atoms with van der Waals surface area (Å²) in [6.45, 7) is 4.99. The van der Waals surface area contributed by atoms with Crippen molar-refractivity contribution in [1.29, 1.82) is 0 Å². The van der Waals surface area contributed by atoms with Crippen molar-refractivity contribution in [2.75, 3.05) is 19.8 Å². The van der Waals surface area contributed by atoms with Gasteiger partial charge in [0.25, 0.3) is 0 Å². The van der Waals surface area contributed by atoms with Crippen LogP contribution in [0, 0.1) is 5.92 Å². The molecule has 1 aliphatic heterocycles. The third kappa shape index (κ3) is 3.81. The molecule has 1 saturated heterocycles. The van der Waals surface area contributed by atoms with Gasteiger partial charge in [0, 0.05) is 13.2 Å². The van der Waals surface area contributed by atoms with E-state index in [2.05, 4.69) is 5.32 Å². The normalized spacial score (nSPS) is 24.1. The maximum absolute atomic E-state index is 11.7. The lowest BCUT2D eigenvalue weighted by atomic mass is 10.0. The predicted octanol–water partition coefficient (Wildman–Crippen LogP) is 0.481. The fourth-order valence-corrected chi connectivity index (χ4v) is 1.73. The Morgan fingerprint density at radius 3 is 2.81 bits per heavy atom. The van der Waals surface area contributed by atoms with Crippen molar-refractivity contribution in [2.45, 2.75) is 32.8 Å². The summed E-state index contributed by atoms with van der Waals surface area (Å²) < 4.78 is 10.1. The van der Waals surface area contributed by atoms with Gasteiger partial charge in [0.1, 0.15) is 0 Å². The van der Waals surface area contributed by atoms with Crippen LogP contribution in [0.5, 0.6) is 0 Å². The zero-order valence-corrected chi connectivity index (χ0v) is 9.82. The first-order valence-corrected chi connectivity index (χ1v) is 5.70. The van der Waals surface area contributed by atoms with E-state index >= 15 is 0 Å². The number of esters is 1. The third-order valence-corrected chi connectivity index (χ3v) is 2.65. The second-order valence-electron chi connectivity index (χ2n) is 3.82. The molecule has 0 bridgehead atoms. The van der Waals surface area contributed by atoms with E-state index in [0.717, 1.165) is 6.42 Å². The summed E-state index contributed by atoms with van der Waals surface area (Å²) in [5.41, 5.74) is 0. The predicted molar refractivity (Wildman–Crippen MR) is 57.8 cm³/mol. The van der Waals surface area contributed by atoms with Gasteiger partial charge in [-0.3, -0.25) is 9.59 Å². The molecular weight excluding hydrogens is 210 g/mol. The van der Waals surface area contributed by atoms with Crippen LogP contribution < -0.4 is 5.32 Å². The molecule has 0 saturated carbocycles. The maximum Gasteiger partial charge on any atom is 0.307 e. The monoisotopic (exact) mass is 229 g/mol. The molecule has 0 radical (unpaired) electrons. The molecule has 2 unspecified atom stereocenters. The van der Waals surface area contributed by atoms with Crippen molar-refractivity contribution >= 4 is 11.9 Å². The number of nitrogens with one attached hydrogen (secondary N) is 1. The van der Waals surface area contributed by atoms with Crippen LogP contribution in [0.3, 0.4) is 0 Å². The topological polar surface area (TPSA) is 64.6 Å². The summed E-state index contributed by atoms with van der Waals surface area (Å²) in [6, 6.07) is 0. The van der Waals surface area contributed by atoms with Gasteiger partial charge in [-0.2, -0.15) is 0 Å². The lowest BCUT2D eigenvalue weighted by Gasteiger charge is -2.13. The van der Waals surface area contributed by atoms with Gasteiger partial charge in [0.15, 0.2) is 0 Å². The third-order valence-electron chi connectivity index (χ3n) is 2.65. The average Bonchev–Trinajstić information content (AvgIpc) is 2.64. The van der Waals surface area contributed by atoms with Crippen molar-refractivity contribution < 1.29 is 19.1 Å². The number of rotatable bonds is 5. The second kappa shape index (κ2) is 6.48. The number of amides is 1. The molecular formula is C11H19NO4. The highest BCUT2D eigenvalue weighted by atomic mass is 16.5. The number of hydrogen-bond donors (Lipinski definition) is 1. The molecule has 92 valence electrons. The van der Waals surface area contributed by atoms with E-state index in [1.54, 1.807) is 6.92 Å². The molecule has 2 atom stereocenters. The van der Waals surface area contributed by atoms with Crippen molar-refractivity contribution in [3.63, 3.8) is 0 Å². The largest absolute Gasteiger partial charge is 0.466 e. The Balaban J connectivity index is 2.17. The Hall–Kier alpha value is -1.10. The molecule has 1 aliphatic rings. The van der Waals surface area contributed by atoms with Gasteiger partial charge < -0.3 is 14.8 Å². The van der Waals surface area contributed by atoms with E-state index in [0.29, 0.717) is 19.8 Å². The number of ether oxygens (including phenoxy) is 2. The zero-order chi connectivity index (χ0) is 12.0. The lowest BCUT2D eigenvalue weighted by Crippen LogP contribution is -2.35. The van der Waals surface area contributed by atoms with E-state index in [1.165, 1.54) is 0 Å². The Kier molecular flexibility index (Phi) is 5.25. The zero-order valence-electron chi connectivity index (χ0n) is 9.82. The standard InChI is InChI=1S/C11H19NO4/c1-3-15-10(13)4-6-12-11(14)9-5-7-16-8(9)2/h8-9H,3-7H2,1-2H3,(H,12,14). The van der Waals surface area contributed by atoms with Gasteiger partial charge in [-0.25, -0.2) is 0 Å². The molecule has 0 aromatic heterocycles. The summed E-state index contributed by atoms with van der Waals surface area (Å²) in [4.78, 5) is 22.7. The number of hydrogen-bond acceptors (Lipinski definition) is 4. The van der Waals surface area contributed by atoms with Gasteiger partial charge in [-0.15, -0.1) is 0 Å². The minimum atomic E-state index is -0.279. The highest BCUT2D eigenvalue weighted by Gasteiger charge is 2.30. The van der Waals surface area contributed by atoms with Crippen LogP contribution in [0.1, 0.15) is 26.7 Å². The lowest BCUT2D eigenvalue weighted by molar-refractivity contribution is -0.143. The highest BCUT2D eigenvalue weighted by Crippen LogP contribution is 2.20. The molecule has 16 heavy (non-hydrogen) atoms. The number of carbonyl (C=O) groups excluding carboxylic acids is 2. The highest BCUT2D eigenvalue weighted by molar-refractivity contribution is 5.80. The SMILES string of the molecule is CCOC(=O)CCNC(=O)C1CCOC1C. The van der Waals surface area contributed by atoms with E-state index in [9.17, 15) is 9.59 Å².